The normalized spacial score (nSPS) is 19.9. The Morgan fingerprint density at radius 1 is 1.13 bits per heavy atom. The number of phenols is 1. The summed E-state index contributed by atoms with van der Waals surface area (Å²) in [6.07, 6.45) is 14.4. The number of aromatic hydroxyl groups is 1. The molecule has 2 aromatic carbocycles. The summed E-state index contributed by atoms with van der Waals surface area (Å²) in [5.74, 6) is 0.269. The van der Waals surface area contributed by atoms with Crippen LogP contribution in [0.2, 0.25) is 0 Å². The lowest BCUT2D eigenvalue weighted by atomic mass is 9.93. The van der Waals surface area contributed by atoms with E-state index in [-0.39, 0.29) is 22.7 Å². The molecule has 2 atom stereocenters. The van der Waals surface area contributed by atoms with Crippen molar-refractivity contribution >= 4 is 44.5 Å². The van der Waals surface area contributed by atoms with Gasteiger partial charge in [-0.3, -0.25) is 9.71 Å². The number of anilines is 1. The van der Waals surface area contributed by atoms with Gasteiger partial charge >= 0.3 is 0 Å². The third-order valence-electron chi connectivity index (χ3n) is 5.13. The summed E-state index contributed by atoms with van der Waals surface area (Å²) in [6, 6.07) is 8.73. The topological polar surface area (TPSA) is 107 Å². The van der Waals surface area contributed by atoms with Crippen LogP contribution in [-0.4, -0.2) is 35.7 Å². The van der Waals surface area contributed by atoms with E-state index in [0.717, 1.165) is 4.91 Å². The van der Waals surface area contributed by atoms with Gasteiger partial charge in [-0.15, -0.1) is 0 Å². The first-order valence-electron chi connectivity index (χ1n) is 9.55. The molecule has 3 N–H and O–H groups in total. The fourth-order valence-electron chi connectivity index (χ4n) is 3.64. The van der Waals surface area contributed by atoms with Crippen LogP contribution in [0.4, 0.5) is 5.69 Å². The lowest BCUT2D eigenvalue weighted by Gasteiger charge is -2.26. The Morgan fingerprint density at radius 3 is 2.74 bits per heavy atom. The predicted octanol–water partition coefficient (Wildman–Crippen LogP) is 4.24. The maximum atomic E-state index is 12.8. The molecule has 156 valence electrons. The van der Waals surface area contributed by atoms with Crippen LogP contribution in [0.15, 0.2) is 93.1 Å². The lowest BCUT2D eigenvalue weighted by molar-refractivity contribution is 0.469. The Bertz CT molecular complexity index is 1370. The van der Waals surface area contributed by atoms with Crippen LogP contribution in [0.3, 0.4) is 0 Å². The Morgan fingerprint density at radius 2 is 1.94 bits per heavy atom. The third-order valence-corrected chi connectivity index (χ3v) is 7.57. The molecule has 0 radical (unpaired) electrons. The Hall–Kier alpha value is -3.30. The maximum absolute atomic E-state index is 12.8. The molecule has 0 saturated heterocycles. The minimum Gasteiger partial charge on any atom is -0.506 e. The van der Waals surface area contributed by atoms with Crippen molar-refractivity contribution < 1.29 is 13.5 Å². The molecule has 0 saturated carbocycles. The van der Waals surface area contributed by atoms with Crippen LogP contribution in [0, 0.1) is 5.92 Å². The van der Waals surface area contributed by atoms with Gasteiger partial charge in [-0.05, 0) is 12.1 Å². The van der Waals surface area contributed by atoms with Crippen molar-refractivity contribution in [3.63, 3.8) is 0 Å². The van der Waals surface area contributed by atoms with E-state index in [1.165, 1.54) is 24.3 Å². The molecule has 1 aliphatic heterocycles. The second-order valence-electron chi connectivity index (χ2n) is 7.10. The first kappa shape index (κ1) is 19.7. The van der Waals surface area contributed by atoms with Crippen molar-refractivity contribution in [2.24, 2.45) is 10.9 Å². The maximum Gasteiger partial charge on any atom is 0.278 e. The molecule has 31 heavy (non-hydrogen) atoms. The Balaban J connectivity index is 1.57. The molecule has 0 fully saturated rings. The van der Waals surface area contributed by atoms with Gasteiger partial charge in [0.25, 0.3) is 10.0 Å². The number of nitrogens with one attached hydrogen (secondary N) is 2. The smallest absolute Gasteiger partial charge is 0.278 e. The van der Waals surface area contributed by atoms with Gasteiger partial charge in [0.1, 0.15) is 5.75 Å². The molecule has 1 aliphatic carbocycles. The number of benzene rings is 2. The third kappa shape index (κ3) is 3.66. The van der Waals surface area contributed by atoms with Crippen molar-refractivity contribution in [2.45, 2.75) is 16.0 Å². The van der Waals surface area contributed by atoms with E-state index in [1.54, 1.807) is 36.5 Å². The monoisotopic (exact) mass is 450 g/mol. The number of phenolic OH excluding ortho intramolecular Hbond substituents is 1. The second kappa shape index (κ2) is 7.75. The molecule has 2 heterocycles. The number of aliphatic imine (C=N–C) groups is 1. The van der Waals surface area contributed by atoms with Gasteiger partial charge < -0.3 is 10.1 Å². The summed E-state index contributed by atoms with van der Waals surface area (Å²) < 4.78 is 28.2. The minimum atomic E-state index is -3.86. The second-order valence-corrected chi connectivity index (χ2v) is 9.87. The number of H-pyrrole nitrogens is 1. The van der Waals surface area contributed by atoms with Crippen molar-refractivity contribution in [1.82, 2.24) is 9.97 Å². The Labute approximate surface area is 183 Å². The van der Waals surface area contributed by atoms with Gasteiger partial charge in [-0.2, -0.15) is 8.42 Å². The molecule has 0 spiro atoms. The fraction of sp³-hybridized carbons (Fsp3) is 0.0909. The number of hydrogen-bond donors (Lipinski definition) is 3. The quantitative estimate of drug-likeness (QED) is 0.504. The minimum absolute atomic E-state index is 0.0369. The summed E-state index contributed by atoms with van der Waals surface area (Å²) >= 11 is 1.39. The number of sulfonamides is 1. The van der Waals surface area contributed by atoms with E-state index in [2.05, 4.69) is 31.8 Å². The van der Waals surface area contributed by atoms with Crippen LogP contribution >= 0.6 is 11.8 Å². The number of hydrogen-bond acceptors (Lipinski definition) is 6. The number of thioether (sulfide) groups is 1. The van der Waals surface area contributed by atoms with Gasteiger partial charge in [0.05, 0.1) is 29.1 Å². The van der Waals surface area contributed by atoms with E-state index < -0.39 is 10.0 Å². The number of aromatic nitrogens is 2. The molecule has 7 nitrogen and oxygen atoms in total. The van der Waals surface area contributed by atoms with Crippen molar-refractivity contribution in [3.8, 4) is 5.75 Å². The highest BCUT2D eigenvalue weighted by molar-refractivity contribution is 8.03. The van der Waals surface area contributed by atoms with Gasteiger partial charge in [0.15, 0.2) is 5.03 Å². The van der Waals surface area contributed by atoms with E-state index in [4.69, 9.17) is 0 Å². The number of rotatable bonds is 5. The first-order valence-corrected chi connectivity index (χ1v) is 11.8. The molecular formula is C22H18N4O3S2. The van der Waals surface area contributed by atoms with Crippen LogP contribution in [0.25, 0.3) is 10.8 Å². The average Bonchev–Trinajstić information content (AvgIpc) is 3.33. The average molecular weight is 451 g/mol. The molecule has 3 aromatic rings. The van der Waals surface area contributed by atoms with Gasteiger partial charge in [0, 0.05) is 27.8 Å². The number of aromatic amines is 1. The van der Waals surface area contributed by atoms with E-state index in [9.17, 15) is 13.5 Å². The van der Waals surface area contributed by atoms with Crippen LogP contribution in [-0.2, 0) is 10.0 Å². The molecule has 2 unspecified atom stereocenters. The van der Waals surface area contributed by atoms with Crippen LogP contribution in [0.5, 0.6) is 5.75 Å². The highest BCUT2D eigenvalue weighted by atomic mass is 32.2. The predicted molar refractivity (Wildman–Crippen MR) is 123 cm³/mol. The summed E-state index contributed by atoms with van der Waals surface area (Å²) in [4.78, 5) is 12.5. The zero-order valence-corrected chi connectivity index (χ0v) is 17.8. The van der Waals surface area contributed by atoms with Crippen molar-refractivity contribution in [1.29, 1.82) is 0 Å². The SMILES string of the molecule is O=S(=O)(Nc1cc(SC2=CC=CC3C=CC=NC23)c(O)c2ccccc12)c1cnc[nH]1. The molecule has 2 aliphatic rings. The van der Waals surface area contributed by atoms with E-state index >= 15 is 0 Å². The molecule has 0 amide bonds. The summed E-state index contributed by atoms with van der Waals surface area (Å²) in [5.41, 5.74) is 0.376. The molecule has 1 aromatic heterocycles. The van der Waals surface area contributed by atoms with E-state index in [0.29, 0.717) is 21.4 Å². The molecule has 5 rings (SSSR count). The Kier molecular flexibility index (Phi) is 4.91. The number of fused-ring (bicyclic) bond motifs is 2. The first-order chi connectivity index (χ1) is 15.0. The van der Waals surface area contributed by atoms with Gasteiger partial charge in [0.2, 0.25) is 0 Å². The van der Waals surface area contributed by atoms with E-state index in [1.807, 2.05) is 18.2 Å². The number of imidazole rings is 1. The largest absolute Gasteiger partial charge is 0.506 e. The molecular weight excluding hydrogens is 432 g/mol. The van der Waals surface area contributed by atoms with Crippen LogP contribution < -0.4 is 4.72 Å². The summed E-state index contributed by atoms with van der Waals surface area (Å²) in [6.45, 7) is 0. The summed E-state index contributed by atoms with van der Waals surface area (Å²) in [5, 5.41) is 12.1. The van der Waals surface area contributed by atoms with Crippen molar-refractivity contribution in [3.05, 3.63) is 78.1 Å². The molecule has 0 bridgehead atoms. The standard InChI is InChI=1S/C22H18N4O3S2/c27-22-16-8-2-1-7-15(16)17(26-31(28,29)20-12-23-13-25-20)11-19(22)30-18-9-3-5-14-6-4-10-24-21(14)18/h1-14,21,26-27H,(H,23,25). The van der Waals surface area contributed by atoms with Gasteiger partial charge in [-0.25, -0.2) is 4.98 Å². The number of nitrogens with zero attached hydrogens (tertiary/aromatic N) is 2. The zero-order chi connectivity index (χ0) is 21.4. The van der Waals surface area contributed by atoms with Gasteiger partial charge in [-0.1, -0.05) is 60.3 Å². The highest BCUT2D eigenvalue weighted by Crippen LogP contribution is 2.45. The lowest BCUT2D eigenvalue weighted by Crippen LogP contribution is -2.21. The van der Waals surface area contributed by atoms with Crippen molar-refractivity contribution in [2.75, 3.05) is 4.72 Å². The van der Waals surface area contributed by atoms with Crippen LogP contribution in [0.1, 0.15) is 0 Å². The summed E-state index contributed by atoms with van der Waals surface area (Å²) in [7, 11) is -3.86. The fourth-order valence-corrected chi connectivity index (χ4v) is 5.74. The zero-order valence-electron chi connectivity index (χ0n) is 16.1. The number of dihydropyridines is 1. The highest BCUT2D eigenvalue weighted by Gasteiger charge is 2.26. The number of allylic oxidation sites excluding steroid dienone is 3. The molecule has 9 heteroatoms.